The molecular formula is C14H14N4. The van der Waals surface area contributed by atoms with Crippen LogP contribution in [0.25, 0.3) is 5.70 Å². The lowest BCUT2D eigenvalue weighted by Gasteiger charge is -2.25. The van der Waals surface area contributed by atoms with Crippen LogP contribution in [-0.2, 0) is 13.0 Å². The van der Waals surface area contributed by atoms with Crippen molar-refractivity contribution in [3.8, 4) is 0 Å². The van der Waals surface area contributed by atoms with Crippen LogP contribution in [0.15, 0.2) is 40.9 Å². The maximum Gasteiger partial charge on any atom is 0.149 e. The molecular weight excluding hydrogens is 224 g/mol. The Morgan fingerprint density at radius 2 is 2.33 bits per heavy atom. The van der Waals surface area contributed by atoms with Crippen LogP contribution in [0.5, 0.6) is 0 Å². The second-order valence-electron chi connectivity index (χ2n) is 4.76. The number of hydrogen-bond donors (Lipinski definition) is 2. The molecule has 2 heterocycles. The molecule has 0 unspecified atom stereocenters. The lowest BCUT2D eigenvalue weighted by molar-refractivity contribution is 0.485. The van der Waals surface area contributed by atoms with E-state index in [9.17, 15) is 0 Å². The molecule has 1 aliphatic carbocycles. The second kappa shape index (κ2) is 3.46. The van der Waals surface area contributed by atoms with E-state index in [0.717, 1.165) is 18.8 Å². The van der Waals surface area contributed by atoms with Gasteiger partial charge in [0.1, 0.15) is 5.82 Å². The van der Waals surface area contributed by atoms with Gasteiger partial charge in [-0.2, -0.15) is 0 Å². The second-order valence-corrected chi connectivity index (χ2v) is 4.76. The molecule has 0 atom stereocenters. The molecule has 0 aromatic heterocycles. The predicted molar refractivity (Wildman–Crippen MR) is 71.4 cm³/mol. The minimum atomic E-state index is 0.599. The Morgan fingerprint density at radius 3 is 3.22 bits per heavy atom. The first kappa shape index (κ1) is 9.91. The number of fused-ring (bicyclic) bond motifs is 4. The number of benzene rings is 1. The predicted octanol–water partition coefficient (Wildman–Crippen LogP) is 1.16. The lowest BCUT2D eigenvalue weighted by atomic mass is 10.1. The van der Waals surface area contributed by atoms with E-state index in [1.54, 1.807) is 0 Å². The first-order valence-electron chi connectivity index (χ1n) is 6.19. The molecule has 1 aromatic rings. The Kier molecular flexibility index (Phi) is 1.91. The number of hydrogen-bond acceptors (Lipinski definition) is 4. The fourth-order valence-electron chi connectivity index (χ4n) is 2.86. The Hall–Kier alpha value is -2.07. The van der Waals surface area contributed by atoms with Crippen LogP contribution in [-0.4, -0.2) is 17.7 Å². The minimum Gasteiger partial charge on any atom is -0.357 e. The van der Waals surface area contributed by atoms with Crippen molar-refractivity contribution in [2.75, 3.05) is 6.54 Å². The summed E-state index contributed by atoms with van der Waals surface area (Å²) in [7, 11) is 0. The average Bonchev–Trinajstić information content (AvgIpc) is 3.00. The summed E-state index contributed by atoms with van der Waals surface area (Å²) in [5.74, 6) is 1.01. The minimum absolute atomic E-state index is 0.599. The topological polar surface area (TPSA) is 53.6 Å². The van der Waals surface area contributed by atoms with Gasteiger partial charge in [-0.1, -0.05) is 18.2 Å². The zero-order chi connectivity index (χ0) is 12.1. The SMILES string of the molecule is NCc1ccc2c(c1)CC1=C2NC=C2N=CCN21. The third-order valence-corrected chi connectivity index (χ3v) is 3.76. The van der Waals surface area contributed by atoms with Crippen LogP contribution in [0.4, 0.5) is 0 Å². The van der Waals surface area contributed by atoms with Gasteiger partial charge >= 0.3 is 0 Å². The summed E-state index contributed by atoms with van der Waals surface area (Å²) in [6, 6.07) is 6.49. The Labute approximate surface area is 105 Å². The highest BCUT2D eigenvalue weighted by Crippen LogP contribution is 2.38. The van der Waals surface area contributed by atoms with E-state index in [1.807, 2.05) is 12.4 Å². The third-order valence-electron chi connectivity index (χ3n) is 3.76. The molecule has 4 rings (SSSR count). The van der Waals surface area contributed by atoms with Crippen molar-refractivity contribution in [1.82, 2.24) is 10.2 Å². The molecule has 90 valence electrons. The average molecular weight is 238 g/mol. The van der Waals surface area contributed by atoms with Crippen molar-refractivity contribution in [3.63, 3.8) is 0 Å². The van der Waals surface area contributed by atoms with Gasteiger partial charge in [0.15, 0.2) is 0 Å². The fraction of sp³-hybridized carbons (Fsp3) is 0.214. The Balaban J connectivity index is 1.77. The molecule has 0 amide bonds. The zero-order valence-electron chi connectivity index (χ0n) is 9.98. The Morgan fingerprint density at radius 1 is 1.39 bits per heavy atom. The van der Waals surface area contributed by atoms with Gasteiger partial charge in [-0.05, 0) is 11.1 Å². The third kappa shape index (κ3) is 1.21. The van der Waals surface area contributed by atoms with E-state index in [0.29, 0.717) is 6.54 Å². The number of aliphatic imine (C=N–C) groups is 1. The van der Waals surface area contributed by atoms with Crippen LogP contribution >= 0.6 is 0 Å². The lowest BCUT2D eigenvalue weighted by Crippen LogP contribution is -2.26. The van der Waals surface area contributed by atoms with Crippen LogP contribution < -0.4 is 11.1 Å². The maximum absolute atomic E-state index is 5.71. The number of nitrogens with one attached hydrogen (secondary N) is 1. The highest BCUT2D eigenvalue weighted by Gasteiger charge is 2.31. The molecule has 3 N–H and O–H groups in total. The molecule has 4 nitrogen and oxygen atoms in total. The molecule has 2 aliphatic heterocycles. The molecule has 0 saturated carbocycles. The molecule has 18 heavy (non-hydrogen) atoms. The van der Waals surface area contributed by atoms with Crippen molar-refractivity contribution < 1.29 is 0 Å². The van der Waals surface area contributed by atoms with Gasteiger partial charge in [0.05, 0.1) is 12.2 Å². The van der Waals surface area contributed by atoms with Gasteiger partial charge < -0.3 is 16.0 Å². The van der Waals surface area contributed by atoms with E-state index >= 15 is 0 Å². The van der Waals surface area contributed by atoms with Gasteiger partial charge in [0.25, 0.3) is 0 Å². The van der Waals surface area contributed by atoms with E-state index in [-0.39, 0.29) is 0 Å². The van der Waals surface area contributed by atoms with Crippen LogP contribution in [0.1, 0.15) is 16.7 Å². The summed E-state index contributed by atoms with van der Waals surface area (Å²) in [6.45, 7) is 1.48. The van der Waals surface area contributed by atoms with Crippen molar-refractivity contribution in [2.24, 2.45) is 10.7 Å². The summed E-state index contributed by atoms with van der Waals surface area (Å²) in [6.07, 6.45) is 4.90. The number of nitrogens with zero attached hydrogens (tertiary/aromatic N) is 2. The largest absolute Gasteiger partial charge is 0.357 e. The monoisotopic (exact) mass is 238 g/mol. The number of nitrogens with two attached hydrogens (primary N) is 1. The van der Waals surface area contributed by atoms with Crippen LogP contribution in [0.2, 0.25) is 0 Å². The highest BCUT2D eigenvalue weighted by atomic mass is 15.3. The fourth-order valence-corrected chi connectivity index (χ4v) is 2.86. The van der Waals surface area contributed by atoms with Gasteiger partial charge in [0, 0.05) is 36.6 Å². The van der Waals surface area contributed by atoms with E-state index in [4.69, 9.17) is 5.73 Å². The van der Waals surface area contributed by atoms with Gasteiger partial charge in [-0.15, -0.1) is 0 Å². The number of rotatable bonds is 1. The maximum atomic E-state index is 5.71. The summed E-state index contributed by atoms with van der Waals surface area (Å²) >= 11 is 0. The van der Waals surface area contributed by atoms with Crippen LogP contribution in [0, 0.1) is 0 Å². The quantitative estimate of drug-likeness (QED) is 0.772. The van der Waals surface area contributed by atoms with Crippen molar-refractivity contribution in [2.45, 2.75) is 13.0 Å². The van der Waals surface area contributed by atoms with Crippen molar-refractivity contribution in [1.29, 1.82) is 0 Å². The summed E-state index contributed by atoms with van der Waals surface area (Å²) in [4.78, 5) is 6.63. The highest BCUT2D eigenvalue weighted by molar-refractivity contribution is 5.79. The molecule has 3 aliphatic rings. The number of allylic oxidation sites excluding steroid dienone is 1. The smallest absolute Gasteiger partial charge is 0.149 e. The normalized spacial score (nSPS) is 19.4. The zero-order valence-corrected chi connectivity index (χ0v) is 9.98. The first-order chi connectivity index (χ1) is 8.86. The van der Waals surface area contributed by atoms with Crippen molar-refractivity contribution in [3.05, 3.63) is 52.6 Å². The summed E-state index contributed by atoms with van der Waals surface area (Å²) < 4.78 is 0. The molecule has 0 spiro atoms. The molecule has 0 radical (unpaired) electrons. The van der Waals surface area contributed by atoms with E-state index in [2.05, 4.69) is 33.4 Å². The molecule has 0 bridgehead atoms. The van der Waals surface area contributed by atoms with Gasteiger partial charge in [0.2, 0.25) is 0 Å². The van der Waals surface area contributed by atoms with Crippen LogP contribution in [0.3, 0.4) is 0 Å². The van der Waals surface area contributed by atoms with Crippen molar-refractivity contribution >= 4 is 11.9 Å². The molecule has 1 aromatic carbocycles. The molecule has 0 fully saturated rings. The Bertz CT molecular complexity index is 625. The molecule has 4 heteroatoms. The van der Waals surface area contributed by atoms with E-state index in [1.165, 1.54) is 28.1 Å². The standard InChI is InChI=1S/C14H14N4/c15-7-9-1-2-11-10(5-9)6-12-14(11)17-8-13-16-3-4-18(12)13/h1-3,5,8,17H,4,6-7,15H2. The van der Waals surface area contributed by atoms with Gasteiger partial charge in [-0.3, -0.25) is 0 Å². The van der Waals surface area contributed by atoms with Gasteiger partial charge in [-0.25, -0.2) is 4.99 Å². The summed E-state index contributed by atoms with van der Waals surface area (Å²) in [5.41, 5.74) is 12.1. The molecule has 0 saturated heterocycles. The van der Waals surface area contributed by atoms with E-state index < -0.39 is 0 Å². The first-order valence-corrected chi connectivity index (χ1v) is 6.19. The summed E-state index contributed by atoms with van der Waals surface area (Å²) in [5, 5.41) is 3.38.